The van der Waals surface area contributed by atoms with Gasteiger partial charge in [-0.1, -0.05) is 76.6 Å². The van der Waals surface area contributed by atoms with Gasteiger partial charge in [0.25, 0.3) is 5.78 Å². The third-order valence-electron chi connectivity index (χ3n) is 6.98. The van der Waals surface area contributed by atoms with Crippen molar-refractivity contribution >= 4 is 39.9 Å². The van der Waals surface area contributed by atoms with E-state index in [0.717, 1.165) is 29.7 Å². The predicted octanol–water partition coefficient (Wildman–Crippen LogP) is 7.19. The first-order chi connectivity index (χ1) is 20.0. The summed E-state index contributed by atoms with van der Waals surface area (Å²) in [6.45, 7) is 12.6. The molecule has 42 heavy (non-hydrogen) atoms. The van der Waals surface area contributed by atoms with Gasteiger partial charge in [0.2, 0.25) is 0 Å². The summed E-state index contributed by atoms with van der Waals surface area (Å²) in [4.78, 5) is 46.0. The van der Waals surface area contributed by atoms with Gasteiger partial charge in [-0.05, 0) is 60.6 Å². The lowest BCUT2D eigenvalue weighted by Gasteiger charge is -2.23. The zero-order valence-corrected chi connectivity index (χ0v) is 25.8. The lowest BCUT2D eigenvalue weighted by atomic mass is 9.93. The quantitative estimate of drug-likeness (QED) is 0.0828. The number of hydrogen-bond acceptors (Lipinski definition) is 8. The van der Waals surface area contributed by atoms with Crippen LogP contribution in [-0.4, -0.2) is 41.0 Å². The van der Waals surface area contributed by atoms with Crippen molar-refractivity contribution < 1.29 is 29.0 Å². The molecule has 2 aromatic carbocycles. The lowest BCUT2D eigenvalue weighted by Crippen LogP contribution is -2.29. The van der Waals surface area contributed by atoms with Crippen LogP contribution in [0.2, 0.25) is 0 Å². The number of ether oxygens (including phenoxy) is 2. The highest BCUT2D eigenvalue weighted by molar-refractivity contribution is 7.17. The van der Waals surface area contributed by atoms with Crippen LogP contribution < -0.4 is 9.64 Å². The molecule has 4 rings (SSSR count). The van der Waals surface area contributed by atoms with E-state index in [2.05, 4.69) is 25.8 Å². The Bertz CT molecular complexity index is 1470. The summed E-state index contributed by atoms with van der Waals surface area (Å²) < 4.78 is 11.1. The molecule has 0 spiro atoms. The van der Waals surface area contributed by atoms with Gasteiger partial charge in [-0.15, -0.1) is 0 Å². The van der Waals surface area contributed by atoms with E-state index < -0.39 is 23.7 Å². The maximum absolute atomic E-state index is 13.6. The number of nitrogens with zero attached hydrogens (tertiary/aromatic N) is 2. The summed E-state index contributed by atoms with van der Waals surface area (Å²) in [6.07, 6.45) is 1.94. The van der Waals surface area contributed by atoms with E-state index in [1.807, 2.05) is 38.1 Å². The molecule has 1 saturated heterocycles. The topological polar surface area (TPSA) is 106 Å². The molecule has 1 atom stereocenters. The summed E-state index contributed by atoms with van der Waals surface area (Å²) in [5.41, 5.74) is 2.46. The van der Waals surface area contributed by atoms with E-state index in [1.54, 1.807) is 31.2 Å². The van der Waals surface area contributed by atoms with Gasteiger partial charge < -0.3 is 14.6 Å². The van der Waals surface area contributed by atoms with Crippen LogP contribution in [0, 0.1) is 12.8 Å². The molecular weight excluding hydrogens is 552 g/mol. The Balaban J connectivity index is 1.79. The van der Waals surface area contributed by atoms with Crippen molar-refractivity contribution in [3.05, 3.63) is 81.4 Å². The van der Waals surface area contributed by atoms with Crippen molar-refractivity contribution in [2.24, 2.45) is 5.92 Å². The van der Waals surface area contributed by atoms with Crippen LogP contribution in [0.1, 0.15) is 91.5 Å². The molecule has 1 aliphatic heterocycles. The van der Waals surface area contributed by atoms with Crippen molar-refractivity contribution in [3.8, 4) is 5.75 Å². The Hall–Kier alpha value is -3.98. The fraction of sp³-hybridized carbons (Fsp3) is 0.394. The Kier molecular flexibility index (Phi) is 9.83. The van der Waals surface area contributed by atoms with E-state index in [4.69, 9.17) is 9.47 Å². The monoisotopic (exact) mass is 590 g/mol. The van der Waals surface area contributed by atoms with Crippen LogP contribution in [0.15, 0.2) is 54.1 Å². The molecule has 222 valence electrons. The molecule has 1 N–H and O–H groups in total. The number of unbranched alkanes of at least 4 members (excludes halogenated alkanes) is 1. The van der Waals surface area contributed by atoms with Crippen molar-refractivity contribution in [2.75, 3.05) is 18.1 Å². The van der Waals surface area contributed by atoms with Crippen molar-refractivity contribution in [1.82, 2.24) is 4.98 Å². The molecule has 0 radical (unpaired) electrons. The molecule has 8 nitrogen and oxygen atoms in total. The summed E-state index contributed by atoms with van der Waals surface area (Å²) in [6, 6.07) is 13.5. The van der Waals surface area contributed by atoms with E-state index in [-0.39, 0.29) is 39.8 Å². The minimum Gasteiger partial charge on any atom is -0.507 e. The maximum atomic E-state index is 13.6. The number of benzene rings is 2. The van der Waals surface area contributed by atoms with E-state index >= 15 is 0 Å². The largest absolute Gasteiger partial charge is 0.507 e. The minimum atomic E-state index is -0.947. The van der Waals surface area contributed by atoms with Crippen LogP contribution in [0.5, 0.6) is 5.75 Å². The number of carbonyl (C=O) groups excluding carboxylic acids is 3. The van der Waals surface area contributed by atoms with Crippen molar-refractivity contribution in [1.29, 1.82) is 0 Å². The highest BCUT2D eigenvalue weighted by atomic mass is 32.1. The first-order valence-corrected chi connectivity index (χ1v) is 15.1. The van der Waals surface area contributed by atoms with Gasteiger partial charge in [0, 0.05) is 5.56 Å². The SMILES string of the molecule is CCCCOc1ccc(C(O)=C2C(=O)C(=O)N(c3nc(C)c(C(=O)OCC(C)C)s3)[C@@H]2c2ccc(C(C)C)cc2)cc1. The molecule has 0 unspecified atom stereocenters. The van der Waals surface area contributed by atoms with Crippen LogP contribution >= 0.6 is 11.3 Å². The van der Waals surface area contributed by atoms with Crippen LogP contribution in [0.25, 0.3) is 5.76 Å². The first-order valence-electron chi connectivity index (χ1n) is 14.3. The number of esters is 1. The van der Waals surface area contributed by atoms with Gasteiger partial charge in [-0.2, -0.15) is 0 Å². The number of aryl methyl sites for hydroxylation is 1. The van der Waals surface area contributed by atoms with Crippen LogP contribution in [-0.2, 0) is 14.3 Å². The zero-order chi connectivity index (χ0) is 30.6. The number of aliphatic hydroxyl groups excluding tert-OH is 1. The smallest absolute Gasteiger partial charge is 0.350 e. The third-order valence-corrected chi connectivity index (χ3v) is 8.12. The van der Waals surface area contributed by atoms with E-state index in [1.165, 1.54) is 4.90 Å². The molecular formula is C33H38N2O6S. The van der Waals surface area contributed by atoms with Gasteiger partial charge >= 0.3 is 11.9 Å². The van der Waals surface area contributed by atoms with Crippen molar-refractivity contribution in [2.45, 2.75) is 66.3 Å². The molecule has 1 aromatic heterocycles. The van der Waals surface area contributed by atoms with Gasteiger partial charge in [-0.3, -0.25) is 14.5 Å². The normalized spacial score (nSPS) is 16.5. The number of carbonyl (C=O) groups is 3. The zero-order valence-electron chi connectivity index (χ0n) is 25.0. The molecule has 9 heteroatoms. The Morgan fingerprint density at radius 3 is 2.31 bits per heavy atom. The Morgan fingerprint density at radius 2 is 1.71 bits per heavy atom. The summed E-state index contributed by atoms with van der Waals surface area (Å²) in [5.74, 6) is -1.39. The maximum Gasteiger partial charge on any atom is 0.350 e. The number of thiazole rings is 1. The Morgan fingerprint density at radius 1 is 1.05 bits per heavy atom. The fourth-order valence-corrected chi connectivity index (χ4v) is 5.58. The third kappa shape index (κ3) is 6.57. The van der Waals surface area contributed by atoms with Crippen LogP contribution in [0.3, 0.4) is 0 Å². The van der Waals surface area contributed by atoms with Crippen molar-refractivity contribution in [3.63, 3.8) is 0 Å². The van der Waals surface area contributed by atoms with E-state index in [9.17, 15) is 19.5 Å². The number of aliphatic hydroxyl groups is 1. The number of hydrogen-bond donors (Lipinski definition) is 1. The number of Topliss-reactive ketones (excluding diaryl/α,β-unsaturated/α-hetero) is 1. The second-order valence-electron chi connectivity index (χ2n) is 11.1. The average Bonchev–Trinajstić information content (AvgIpc) is 3.48. The van der Waals surface area contributed by atoms with Gasteiger partial charge in [0.15, 0.2) is 5.13 Å². The molecule has 0 saturated carbocycles. The lowest BCUT2D eigenvalue weighted by molar-refractivity contribution is -0.132. The van der Waals surface area contributed by atoms with E-state index in [0.29, 0.717) is 29.2 Å². The molecule has 1 amide bonds. The number of aromatic nitrogens is 1. The predicted molar refractivity (Wildman–Crippen MR) is 164 cm³/mol. The van der Waals surface area contributed by atoms with Crippen LogP contribution in [0.4, 0.5) is 5.13 Å². The highest BCUT2D eigenvalue weighted by Gasteiger charge is 2.48. The highest BCUT2D eigenvalue weighted by Crippen LogP contribution is 2.44. The molecule has 1 aliphatic rings. The standard InChI is InChI=1S/C33H38N2O6S/c1-7-8-17-40-25-15-13-24(14-16-25)28(36)26-27(23-11-9-22(10-12-23)20(4)5)35(31(38)29(26)37)33-34-21(6)30(42-33)32(39)41-18-19(2)3/h9-16,19-20,27,36H,7-8,17-18H2,1-6H3/t27-/m1/s1. The molecule has 1 fully saturated rings. The molecule has 3 aromatic rings. The average molecular weight is 591 g/mol. The van der Waals surface area contributed by atoms with Gasteiger partial charge in [0.1, 0.15) is 16.4 Å². The number of anilines is 1. The fourth-order valence-electron chi connectivity index (χ4n) is 4.59. The minimum absolute atomic E-state index is 0.0475. The summed E-state index contributed by atoms with van der Waals surface area (Å²) >= 11 is 0.996. The second kappa shape index (κ2) is 13.3. The first kappa shape index (κ1) is 31.0. The van der Waals surface area contributed by atoms with Gasteiger partial charge in [-0.25, -0.2) is 9.78 Å². The molecule has 0 bridgehead atoms. The number of amides is 1. The molecule has 0 aliphatic carbocycles. The Labute approximate surface area is 251 Å². The number of rotatable bonds is 11. The second-order valence-corrected chi connectivity index (χ2v) is 12.1. The molecule has 2 heterocycles. The van der Waals surface area contributed by atoms with Gasteiger partial charge in [0.05, 0.1) is 30.5 Å². The summed E-state index contributed by atoms with van der Waals surface area (Å²) in [5, 5.41) is 11.7. The summed E-state index contributed by atoms with van der Waals surface area (Å²) in [7, 11) is 0. The number of ketones is 1.